The minimum atomic E-state index is -4.62. The second-order valence-electron chi connectivity index (χ2n) is 10.9. The van der Waals surface area contributed by atoms with Crippen LogP contribution in [0.5, 0.6) is 0 Å². The van der Waals surface area contributed by atoms with Crippen LogP contribution in [0.25, 0.3) is 0 Å². The van der Waals surface area contributed by atoms with Crippen molar-refractivity contribution in [2.45, 2.75) is 114 Å². The number of hydrogen-bond acceptors (Lipinski definition) is 7. The number of carbonyl (C=O) groups excluding carboxylic acids is 2. The number of anilines is 1. The Morgan fingerprint density at radius 2 is 1.80 bits per heavy atom. The van der Waals surface area contributed by atoms with Crippen molar-refractivity contribution in [2.75, 3.05) is 5.32 Å². The van der Waals surface area contributed by atoms with E-state index in [0.29, 0.717) is 19.3 Å². The molecule has 0 spiro atoms. The van der Waals surface area contributed by atoms with Crippen LogP contribution in [-0.4, -0.2) is 79.9 Å². The zero-order valence-electron chi connectivity index (χ0n) is 22.8. The third-order valence-corrected chi connectivity index (χ3v) is 8.59. The van der Waals surface area contributed by atoms with E-state index in [1.807, 2.05) is 0 Å². The molecular weight excluding hydrogens is 569 g/mol. The molecule has 1 saturated carbocycles. The van der Waals surface area contributed by atoms with Gasteiger partial charge in [0.1, 0.15) is 11.9 Å². The van der Waals surface area contributed by atoms with Gasteiger partial charge in [-0.3, -0.25) is 14.6 Å². The molecule has 3 N–H and O–H groups in total. The molecule has 1 aromatic heterocycles. The first kappa shape index (κ1) is 31.2. The molecule has 2 bridgehead atoms. The fourth-order valence-corrected chi connectivity index (χ4v) is 6.27. The second-order valence-corrected chi connectivity index (χ2v) is 11.4. The molecule has 1 aromatic rings. The summed E-state index contributed by atoms with van der Waals surface area (Å²) in [5.41, 5.74) is -1.07. The molecular formula is C27H34F5N5O3S. The number of rotatable bonds is 10. The molecule has 8 nitrogen and oxygen atoms in total. The van der Waals surface area contributed by atoms with E-state index in [2.05, 4.69) is 20.6 Å². The van der Waals surface area contributed by atoms with Crippen molar-refractivity contribution in [3.63, 3.8) is 0 Å². The summed E-state index contributed by atoms with van der Waals surface area (Å²) in [6.07, 6.45) is -3.01. The van der Waals surface area contributed by atoms with Crippen molar-refractivity contribution in [1.82, 2.24) is 15.2 Å². The Labute approximate surface area is 240 Å². The van der Waals surface area contributed by atoms with Gasteiger partial charge in [0.05, 0.1) is 16.7 Å². The summed E-state index contributed by atoms with van der Waals surface area (Å²) in [6, 6.07) is -3.01. The number of amides is 2. The zero-order valence-corrected chi connectivity index (χ0v) is 23.6. The highest BCUT2D eigenvalue weighted by molar-refractivity contribution is 7.81. The highest BCUT2D eigenvalue weighted by Crippen LogP contribution is 2.39. The summed E-state index contributed by atoms with van der Waals surface area (Å²) >= 11 is 5.54. The number of pyridine rings is 1. The lowest BCUT2D eigenvalue weighted by Gasteiger charge is -2.27. The summed E-state index contributed by atoms with van der Waals surface area (Å²) in [7, 11) is 0. The number of aliphatic imine (C=N–C) groups is 1. The highest BCUT2D eigenvalue weighted by atomic mass is 32.1. The van der Waals surface area contributed by atoms with Gasteiger partial charge in [0, 0.05) is 35.4 Å². The number of halogens is 5. The first-order valence-electron chi connectivity index (χ1n) is 13.8. The van der Waals surface area contributed by atoms with Crippen LogP contribution in [0.15, 0.2) is 17.3 Å². The van der Waals surface area contributed by atoms with Crippen LogP contribution in [0, 0.1) is 0 Å². The lowest BCUT2D eigenvalue weighted by atomic mass is 10.0. The Morgan fingerprint density at radius 1 is 1.17 bits per heavy atom. The maximum absolute atomic E-state index is 14.2. The molecule has 41 heavy (non-hydrogen) atoms. The quantitative estimate of drug-likeness (QED) is 0.157. The Balaban J connectivity index is 1.65. The Hall–Kier alpha value is -2.74. The third kappa shape index (κ3) is 7.02. The van der Waals surface area contributed by atoms with Crippen LogP contribution in [0.4, 0.5) is 27.8 Å². The average Bonchev–Trinajstić information content (AvgIpc) is 3.64. The summed E-state index contributed by atoms with van der Waals surface area (Å²) < 4.78 is 68.2. The van der Waals surface area contributed by atoms with Crippen LogP contribution < -0.4 is 10.6 Å². The van der Waals surface area contributed by atoms with Crippen LogP contribution in [0.1, 0.15) is 82.8 Å². The van der Waals surface area contributed by atoms with Gasteiger partial charge in [-0.05, 0) is 64.4 Å². The molecule has 4 atom stereocenters. The number of aliphatic hydroxyl groups excluding tert-OH is 1. The van der Waals surface area contributed by atoms with Crippen molar-refractivity contribution >= 4 is 40.4 Å². The lowest BCUT2D eigenvalue weighted by molar-refractivity contribution is -0.143. The molecule has 4 rings (SSSR count). The van der Waals surface area contributed by atoms with Gasteiger partial charge in [-0.2, -0.15) is 13.2 Å². The number of carbonyl (C=O) groups is 2. The van der Waals surface area contributed by atoms with E-state index >= 15 is 0 Å². The molecule has 226 valence electrons. The fraction of sp³-hybridized carbons (Fsp3) is 0.667. The summed E-state index contributed by atoms with van der Waals surface area (Å²) in [5.74, 6) is -1.48. The van der Waals surface area contributed by atoms with Gasteiger partial charge < -0.3 is 20.6 Å². The van der Waals surface area contributed by atoms with Crippen molar-refractivity contribution in [2.24, 2.45) is 4.99 Å². The molecule has 0 radical (unpaired) electrons. The van der Waals surface area contributed by atoms with Gasteiger partial charge >= 0.3 is 6.18 Å². The maximum Gasteiger partial charge on any atom is 0.408 e. The van der Waals surface area contributed by atoms with E-state index in [0.717, 1.165) is 37.9 Å². The van der Waals surface area contributed by atoms with Gasteiger partial charge in [-0.25, -0.2) is 13.8 Å². The van der Waals surface area contributed by atoms with Crippen LogP contribution >= 0.6 is 12.2 Å². The fourth-order valence-electron chi connectivity index (χ4n) is 5.95. The van der Waals surface area contributed by atoms with Crippen molar-refractivity contribution < 1.29 is 36.6 Å². The third-order valence-electron chi connectivity index (χ3n) is 8.14. The number of aliphatic hydroxyl groups is 1. The minimum Gasteiger partial charge on any atom is -0.393 e. The largest absolute Gasteiger partial charge is 0.408 e. The second kappa shape index (κ2) is 12.6. The SMILES string of the molecule is CC[C@H](Nc1cc(C(F)F)c(C(=S)C(N=C(C)C(=O)N[C@@H]2CC[C@@H](O)C2)C(=O)N2C3CCC2CC3)cn1)C(F)(F)F. The van der Waals surface area contributed by atoms with Crippen molar-refractivity contribution in [3.8, 4) is 0 Å². The van der Waals surface area contributed by atoms with E-state index in [1.54, 1.807) is 4.90 Å². The van der Waals surface area contributed by atoms with Crippen molar-refractivity contribution in [1.29, 1.82) is 0 Å². The standard InChI is InChI=1S/C27H34F5N5O3S/c1-3-20(27(30,31)32)36-21-11-18(24(28)29)19(12-33-21)23(41)22(26(40)37-15-5-6-16(37)8-7-15)34-13(2)25(39)35-14-4-9-17(38)10-14/h11-12,14-17,20,22,24,38H,3-10H2,1-2H3,(H,33,36)(H,35,39)/t14-,15?,16?,17-,20+,22?/m1/s1. The molecule has 14 heteroatoms. The molecule has 2 amide bonds. The van der Waals surface area contributed by atoms with E-state index < -0.39 is 54.0 Å². The zero-order chi connectivity index (χ0) is 30.1. The minimum absolute atomic E-state index is 0.0327. The van der Waals surface area contributed by atoms with Gasteiger partial charge in [0.2, 0.25) is 0 Å². The summed E-state index contributed by atoms with van der Waals surface area (Å²) in [6.45, 7) is 2.69. The molecule has 1 aliphatic carbocycles. The number of nitrogens with one attached hydrogen (secondary N) is 2. The number of thiocarbonyl (C=S) groups is 1. The van der Waals surface area contributed by atoms with Gasteiger partial charge in [0.25, 0.3) is 18.2 Å². The highest BCUT2D eigenvalue weighted by Gasteiger charge is 2.45. The lowest BCUT2D eigenvalue weighted by Crippen LogP contribution is -2.46. The van der Waals surface area contributed by atoms with Crippen molar-refractivity contribution in [3.05, 3.63) is 23.4 Å². The first-order chi connectivity index (χ1) is 19.3. The van der Waals surface area contributed by atoms with Gasteiger partial charge in [-0.15, -0.1) is 0 Å². The van der Waals surface area contributed by atoms with E-state index in [4.69, 9.17) is 12.2 Å². The molecule has 2 saturated heterocycles. The molecule has 2 aliphatic heterocycles. The number of nitrogens with zero attached hydrogens (tertiary/aromatic N) is 3. The smallest absolute Gasteiger partial charge is 0.393 e. The normalized spacial score (nSPS) is 25.9. The molecule has 3 aliphatic rings. The number of fused-ring (bicyclic) bond motifs is 2. The molecule has 1 unspecified atom stereocenters. The number of alkyl halides is 5. The predicted octanol–water partition coefficient (Wildman–Crippen LogP) is 4.50. The predicted molar refractivity (Wildman–Crippen MR) is 146 cm³/mol. The van der Waals surface area contributed by atoms with E-state index in [-0.39, 0.29) is 40.7 Å². The molecule has 3 fully saturated rings. The van der Waals surface area contributed by atoms with E-state index in [9.17, 15) is 36.6 Å². The molecule has 3 heterocycles. The monoisotopic (exact) mass is 603 g/mol. The summed E-state index contributed by atoms with van der Waals surface area (Å²) in [4.78, 5) is 36.4. The van der Waals surface area contributed by atoms with Gasteiger partial charge in [-0.1, -0.05) is 19.1 Å². The molecule has 0 aromatic carbocycles. The average molecular weight is 604 g/mol. The Morgan fingerprint density at radius 3 is 2.32 bits per heavy atom. The Bertz CT molecular complexity index is 1180. The Kier molecular flexibility index (Phi) is 9.62. The van der Waals surface area contributed by atoms with E-state index in [1.165, 1.54) is 13.8 Å². The van der Waals surface area contributed by atoms with Crippen LogP contribution in [0.2, 0.25) is 0 Å². The summed E-state index contributed by atoms with van der Waals surface area (Å²) in [5, 5.41) is 14.7. The number of hydrogen-bond donors (Lipinski definition) is 3. The first-order valence-corrected chi connectivity index (χ1v) is 14.2. The number of aromatic nitrogens is 1. The maximum atomic E-state index is 14.2. The van der Waals surface area contributed by atoms with Crippen LogP contribution in [0.3, 0.4) is 0 Å². The van der Waals surface area contributed by atoms with Gasteiger partial charge in [0.15, 0.2) is 6.04 Å². The topological polar surface area (TPSA) is 107 Å². The van der Waals surface area contributed by atoms with Crippen LogP contribution in [-0.2, 0) is 9.59 Å².